The number of carbonyl (C=O) groups is 1. The van der Waals surface area contributed by atoms with Crippen LogP contribution in [0.5, 0.6) is 0 Å². The van der Waals surface area contributed by atoms with Crippen molar-refractivity contribution >= 4 is 28.3 Å². The van der Waals surface area contributed by atoms with Crippen LogP contribution in [0.2, 0.25) is 5.02 Å². The molecule has 0 spiro atoms. The Morgan fingerprint density at radius 1 is 1.19 bits per heavy atom. The molecule has 0 N–H and O–H groups in total. The van der Waals surface area contributed by atoms with Crippen molar-refractivity contribution in [1.82, 2.24) is 4.57 Å². The number of hydrogen-bond acceptors (Lipinski definition) is 1. The second-order valence-corrected chi connectivity index (χ2v) is 7.06. The second kappa shape index (κ2) is 7.35. The predicted molar refractivity (Wildman–Crippen MR) is 104 cm³/mol. The van der Waals surface area contributed by atoms with Crippen LogP contribution in [-0.4, -0.2) is 10.4 Å². The molecule has 3 rings (SSSR count). The zero-order valence-corrected chi connectivity index (χ0v) is 15.7. The van der Waals surface area contributed by atoms with E-state index in [1.165, 1.54) is 6.07 Å². The number of nitrogens with zero attached hydrogens (tertiary/aromatic N) is 1. The first-order valence-electron chi connectivity index (χ1n) is 8.43. The first kappa shape index (κ1) is 18.2. The second-order valence-electron chi connectivity index (χ2n) is 6.65. The molecule has 1 heterocycles. The summed E-state index contributed by atoms with van der Waals surface area (Å²) in [6.45, 7) is 3.76. The summed E-state index contributed by atoms with van der Waals surface area (Å²) in [5.41, 5.74) is 2.94. The van der Waals surface area contributed by atoms with Crippen molar-refractivity contribution in [3.05, 3.63) is 70.1 Å². The molecular formula is C22H19ClFNO. The lowest BCUT2D eigenvalue weighted by atomic mass is 10.0. The lowest BCUT2D eigenvalue weighted by Crippen LogP contribution is -2.10. The van der Waals surface area contributed by atoms with E-state index in [0.29, 0.717) is 28.0 Å². The zero-order valence-electron chi connectivity index (χ0n) is 14.9. The summed E-state index contributed by atoms with van der Waals surface area (Å²) in [7, 11) is 1.86. The fraction of sp³-hybridized carbons (Fsp3) is 0.227. The first-order chi connectivity index (χ1) is 12.4. The summed E-state index contributed by atoms with van der Waals surface area (Å²) >= 11 is 6.32. The molecule has 0 unspecified atom stereocenters. The van der Waals surface area contributed by atoms with Gasteiger partial charge in [0.25, 0.3) is 0 Å². The Balaban J connectivity index is 1.93. The minimum absolute atomic E-state index is 0.00509. The molecule has 0 atom stereocenters. The SMILES string of the molecule is CC(C)C(=O)Cc1ccc(C#Cc2cn(C)c3cccc(F)c23)c(Cl)c1. The van der Waals surface area contributed by atoms with Crippen LogP contribution in [0.1, 0.15) is 30.5 Å². The molecule has 0 bridgehead atoms. The fourth-order valence-electron chi connectivity index (χ4n) is 2.81. The van der Waals surface area contributed by atoms with Crippen LogP contribution in [0.4, 0.5) is 4.39 Å². The Hall–Kier alpha value is -2.57. The van der Waals surface area contributed by atoms with Crippen molar-refractivity contribution in [2.24, 2.45) is 13.0 Å². The monoisotopic (exact) mass is 367 g/mol. The standard InChI is InChI=1S/C22H19ClFNO/c1-14(2)21(26)12-15-7-8-16(18(23)11-15)9-10-17-13-25(3)20-6-4-5-19(24)22(17)20/h4-8,11,13-14H,12H2,1-3H3. The van der Waals surface area contributed by atoms with Gasteiger partial charge in [0.15, 0.2) is 0 Å². The summed E-state index contributed by atoms with van der Waals surface area (Å²) in [4.78, 5) is 11.9. The molecule has 0 radical (unpaired) electrons. The molecule has 132 valence electrons. The molecule has 0 aliphatic rings. The van der Waals surface area contributed by atoms with Crippen LogP contribution >= 0.6 is 11.6 Å². The van der Waals surface area contributed by atoms with E-state index >= 15 is 0 Å². The average Bonchev–Trinajstić information content (AvgIpc) is 2.91. The number of halogens is 2. The third-order valence-corrected chi connectivity index (χ3v) is 4.66. The molecule has 0 aliphatic carbocycles. The van der Waals surface area contributed by atoms with Gasteiger partial charge in [0, 0.05) is 31.1 Å². The van der Waals surface area contributed by atoms with Gasteiger partial charge in [-0.2, -0.15) is 0 Å². The van der Waals surface area contributed by atoms with Gasteiger partial charge in [-0.15, -0.1) is 0 Å². The number of Topliss-reactive ketones (excluding diaryl/α,β-unsaturated/α-hetero) is 1. The minimum Gasteiger partial charge on any atom is -0.349 e. The predicted octanol–water partition coefficient (Wildman–Crippen LogP) is 5.14. The third kappa shape index (κ3) is 3.66. The maximum absolute atomic E-state index is 14.2. The Morgan fingerprint density at radius 2 is 1.92 bits per heavy atom. The summed E-state index contributed by atoms with van der Waals surface area (Å²) in [5, 5.41) is 1.00. The van der Waals surface area contributed by atoms with Gasteiger partial charge < -0.3 is 4.57 Å². The van der Waals surface area contributed by atoms with Crippen molar-refractivity contribution in [2.75, 3.05) is 0 Å². The highest BCUT2D eigenvalue weighted by atomic mass is 35.5. The van der Waals surface area contributed by atoms with Gasteiger partial charge in [-0.05, 0) is 29.8 Å². The van der Waals surface area contributed by atoms with E-state index in [1.54, 1.807) is 18.2 Å². The van der Waals surface area contributed by atoms with Gasteiger partial charge in [-0.3, -0.25) is 4.79 Å². The first-order valence-corrected chi connectivity index (χ1v) is 8.81. The molecule has 2 aromatic carbocycles. The molecule has 3 aromatic rings. The molecule has 0 fully saturated rings. The van der Waals surface area contributed by atoms with E-state index in [1.807, 2.05) is 43.8 Å². The lowest BCUT2D eigenvalue weighted by Gasteiger charge is -2.05. The number of aryl methyl sites for hydroxylation is 1. The Morgan fingerprint density at radius 3 is 2.62 bits per heavy atom. The fourth-order valence-corrected chi connectivity index (χ4v) is 3.06. The molecule has 26 heavy (non-hydrogen) atoms. The number of hydrogen-bond donors (Lipinski definition) is 0. The minimum atomic E-state index is -0.291. The quantitative estimate of drug-likeness (QED) is 0.587. The lowest BCUT2D eigenvalue weighted by molar-refractivity contribution is -0.121. The maximum Gasteiger partial charge on any atom is 0.139 e. The van der Waals surface area contributed by atoms with Crippen LogP contribution in [0.3, 0.4) is 0 Å². The molecule has 0 saturated carbocycles. The van der Waals surface area contributed by atoms with E-state index < -0.39 is 0 Å². The number of benzene rings is 2. The number of fused-ring (bicyclic) bond motifs is 1. The molecule has 0 amide bonds. The van der Waals surface area contributed by atoms with Crippen molar-refractivity contribution in [1.29, 1.82) is 0 Å². The van der Waals surface area contributed by atoms with Gasteiger partial charge in [-0.1, -0.05) is 49.4 Å². The molecule has 4 heteroatoms. The van der Waals surface area contributed by atoms with E-state index in [0.717, 1.165) is 11.1 Å². The van der Waals surface area contributed by atoms with Crippen LogP contribution in [0.15, 0.2) is 42.6 Å². The van der Waals surface area contributed by atoms with Gasteiger partial charge >= 0.3 is 0 Å². The number of aromatic nitrogens is 1. The molecular weight excluding hydrogens is 349 g/mol. The topological polar surface area (TPSA) is 22.0 Å². The van der Waals surface area contributed by atoms with Crippen LogP contribution in [0.25, 0.3) is 10.9 Å². The molecule has 0 saturated heterocycles. The van der Waals surface area contributed by atoms with Gasteiger partial charge in [0.1, 0.15) is 11.6 Å². The van der Waals surface area contributed by atoms with Crippen molar-refractivity contribution in [3.63, 3.8) is 0 Å². The average molecular weight is 368 g/mol. The number of ketones is 1. The maximum atomic E-state index is 14.2. The van der Waals surface area contributed by atoms with Crippen molar-refractivity contribution < 1.29 is 9.18 Å². The number of rotatable bonds is 3. The molecule has 0 aliphatic heterocycles. The summed E-state index contributed by atoms with van der Waals surface area (Å²) in [5.74, 6) is 5.92. The van der Waals surface area contributed by atoms with Crippen LogP contribution < -0.4 is 0 Å². The largest absolute Gasteiger partial charge is 0.349 e. The van der Waals surface area contributed by atoms with E-state index in [4.69, 9.17) is 11.6 Å². The Labute approximate surface area is 157 Å². The van der Waals surface area contributed by atoms with E-state index in [9.17, 15) is 9.18 Å². The van der Waals surface area contributed by atoms with Gasteiger partial charge in [0.2, 0.25) is 0 Å². The van der Waals surface area contributed by atoms with E-state index in [2.05, 4.69) is 11.8 Å². The van der Waals surface area contributed by atoms with Crippen LogP contribution in [0, 0.1) is 23.6 Å². The normalized spacial score (nSPS) is 10.8. The zero-order chi connectivity index (χ0) is 18.8. The number of carbonyl (C=O) groups excluding carboxylic acids is 1. The van der Waals surface area contributed by atoms with Gasteiger partial charge in [0.05, 0.1) is 21.5 Å². The molecule has 2 nitrogen and oxygen atoms in total. The highest BCUT2D eigenvalue weighted by molar-refractivity contribution is 6.31. The Bertz CT molecular complexity index is 1050. The highest BCUT2D eigenvalue weighted by Gasteiger charge is 2.11. The molecule has 1 aromatic heterocycles. The summed E-state index contributed by atoms with van der Waals surface area (Å²) in [6, 6.07) is 10.4. The smallest absolute Gasteiger partial charge is 0.139 e. The summed E-state index contributed by atoms with van der Waals surface area (Å²) < 4.78 is 16.0. The summed E-state index contributed by atoms with van der Waals surface area (Å²) in [6.07, 6.45) is 2.17. The van der Waals surface area contributed by atoms with Crippen LogP contribution in [-0.2, 0) is 18.3 Å². The van der Waals surface area contributed by atoms with Gasteiger partial charge in [-0.25, -0.2) is 4.39 Å². The highest BCUT2D eigenvalue weighted by Crippen LogP contribution is 2.23. The third-order valence-electron chi connectivity index (χ3n) is 4.35. The van der Waals surface area contributed by atoms with Crippen molar-refractivity contribution in [3.8, 4) is 11.8 Å². The van der Waals surface area contributed by atoms with Crippen molar-refractivity contribution in [2.45, 2.75) is 20.3 Å². The van der Waals surface area contributed by atoms with E-state index in [-0.39, 0.29) is 17.5 Å². The Kier molecular flexibility index (Phi) is 5.15.